The van der Waals surface area contributed by atoms with Gasteiger partial charge in [0.2, 0.25) is 5.78 Å². The predicted octanol–water partition coefficient (Wildman–Crippen LogP) is 8.02. The molecule has 2 heterocycles. The number of ketones is 1. The molecule has 1 aromatic carbocycles. The van der Waals surface area contributed by atoms with E-state index in [0.717, 1.165) is 53.9 Å². The monoisotopic (exact) mass is 621 g/mol. The third-order valence-electron chi connectivity index (χ3n) is 6.42. The molecule has 228 valence electrons. The molecule has 7 nitrogen and oxygen atoms in total. The number of halogens is 1. The Labute approximate surface area is 260 Å². The van der Waals surface area contributed by atoms with E-state index < -0.39 is 0 Å². The van der Waals surface area contributed by atoms with Gasteiger partial charge in [-0.1, -0.05) is 59.2 Å². The maximum atomic E-state index is 13.5. The van der Waals surface area contributed by atoms with Crippen LogP contribution in [0.4, 0.5) is 5.82 Å². The van der Waals surface area contributed by atoms with E-state index in [1.807, 2.05) is 72.7 Å². The van der Waals surface area contributed by atoms with E-state index in [4.69, 9.17) is 26.7 Å². The molecule has 2 aromatic heterocycles. The van der Waals surface area contributed by atoms with E-state index in [0.29, 0.717) is 46.8 Å². The highest BCUT2D eigenvalue weighted by molar-refractivity contribution is 7.92. The molecule has 0 spiro atoms. The SMILES string of the molecule is CC.CC.CC.Cc1sc(C(=O)c2cncnc2NC2CCC(COSN)C2)cc1Cc1cc(Cl)ccc1CCN. The van der Waals surface area contributed by atoms with Crippen LogP contribution in [-0.4, -0.2) is 34.9 Å². The lowest BCUT2D eigenvalue weighted by atomic mass is 9.97. The number of nitrogens with one attached hydrogen (secondary N) is 1. The molecule has 0 bridgehead atoms. The number of carbonyl (C=O) groups is 1. The van der Waals surface area contributed by atoms with Gasteiger partial charge in [-0.05, 0) is 86.4 Å². The molecule has 10 heteroatoms. The molecule has 2 unspecified atom stereocenters. The van der Waals surface area contributed by atoms with Crippen molar-refractivity contribution in [3.05, 3.63) is 73.8 Å². The van der Waals surface area contributed by atoms with E-state index >= 15 is 0 Å². The van der Waals surface area contributed by atoms with Gasteiger partial charge >= 0.3 is 0 Å². The number of carbonyl (C=O) groups excluding carboxylic acids is 1. The minimum Gasteiger partial charge on any atom is -0.367 e. The highest BCUT2D eigenvalue weighted by Crippen LogP contribution is 2.32. The molecule has 1 saturated carbocycles. The Kier molecular flexibility index (Phi) is 18.8. The van der Waals surface area contributed by atoms with Gasteiger partial charge in [-0.25, -0.2) is 9.97 Å². The second-order valence-corrected chi connectivity index (χ2v) is 11.0. The van der Waals surface area contributed by atoms with Crippen LogP contribution in [0, 0.1) is 12.8 Å². The van der Waals surface area contributed by atoms with Crippen LogP contribution in [0.1, 0.15) is 97.6 Å². The fourth-order valence-electron chi connectivity index (χ4n) is 4.60. The summed E-state index contributed by atoms with van der Waals surface area (Å²) < 4.78 is 5.29. The smallest absolute Gasteiger partial charge is 0.208 e. The first kappa shape index (κ1) is 37.0. The first-order valence-corrected chi connectivity index (χ1v) is 16.6. The highest BCUT2D eigenvalue weighted by atomic mass is 35.5. The number of hydrogen-bond acceptors (Lipinski definition) is 9. The second-order valence-electron chi connectivity index (χ2n) is 8.84. The summed E-state index contributed by atoms with van der Waals surface area (Å²) in [4.78, 5) is 23.8. The van der Waals surface area contributed by atoms with Crippen molar-refractivity contribution in [2.24, 2.45) is 16.8 Å². The molecule has 3 aromatic rings. The van der Waals surface area contributed by atoms with Gasteiger partial charge in [-0.2, -0.15) is 0 Å². The van der Waals surface area contributed by atoms with E-state index in [1.165, 1.54) is 23.2 Å². The largest absolute Gasteiger partial charge is 0.367 e. The average Bonchev–Trinajstić information content (AvgIpc) is 3.62. The number of nitrogens with two attached hydrogens (primary N) is 2. The van der Waals surface area contributed by atoms with Crippen molar-refractivity contribution < 1.29 is 8.98 Å². The highest BCUT2D eigenvalue weighted by Gasteiger charge is 2.27. The van der Waals surface area contributed by atoms with Gasteiger partial charge in [0.15, 0.2) is 0 Å². The van der Waals surface area contributed by atoms with E-state index in [2.05, 4.69) is 15.3 Å². The van der Waals surface area contributed by atoms with Crippen LogP contribution in [-0.2, 0) is 17.0 Å². The number of hydrogen-bond donors (Lipinski definition) is 3. The summed E-state index contributed by atoms with van der Waals surface area (Å²) in [6.45, 7) is 15.3. The van der Waals surface area contributed by atoms with Crippen LogP contribution < -0.4 is 16.2 Å². The standard InChI is InChI=1S/C25H30ClN5O2S2.3C2H6/c1-15-18(9-19-10-20(26)4-3-17(19)6-7-27)11-23(34-15)24(32)22-12-29-14-30-25(22)31-21-5-2-16(8-21)13-33-35-28;3*1-2/h3-4,10-12,14,16,21H,2,5-9,13,27-28H2,1H3,(H,29,30,31);3*1-2H3. The quantitative estimate of drug-likeness (QED) is 0.112. The average molecular weight is 622 g/mol. The molecular weight excluding hydrogens is 574 g/mol. The summed E-state index contributed by atoms with van der Waals surface area (Å²) >= 11 is 8.67. The first-order chi connectivity index (χ1) is 20.0. The second kappa shape index (κ2) is 20.8. The number of benzene rings is 1. The fraction of sp³-hybridized carbons (Fsp3) is 0.516. The van der Waals surface area contributed by atoms with Gasteiger partial charge < -0.3 is 15.2 Å². The van der Waals surface area contributed by atoms with E-state index in [-0.39, 0.29) is 11.8 Å². The van der Waals surface area contributed by atoms with Crippen molar-refractivity contribution in [3.63, 3.8) is 0 Å². The van der Waals surface area contributed by atoms with Gasteiger partial charge in [0.25, 0.3) is 0 Å². The Bertz CT molecular complexity index is 1180. The Morgan fingerprint density at radius 3 is 2.54 bits per heavy atom. The molecule has 0 radical (unpaired) electrons. The summed E-state index contributed by atoms with van der Waals surface area (Å²) in [6, 6.07) is 8.14. The van der Waals surface area contributed by atoms with Crippen molar-refractivity contribution in [2.45, 2.75) is 86.6 Å². The zero-order chi connectivity index (χ0) is 30.8. The fourth-order valence-corrected chi connectivity index (χ4v) is 6.06. The van der Waals surface area contributed by atoms with Gasteiger partial charge in [0, 0.05) is 22.1 Å². The third kappa shape index (κ3) is 11.3. The first-order valence-electron chi connectivity index (χ1n) is 14.6. The third-order valence-corrected chi connectivity index (χ3v) is 8.02. The molecule has 5 N–H and O–H groups in total. The van der Waals surface area contributed by atoms with Crippen LogP contribution in [0.3, 0.4) is 0 Å². The molecule has 1 fully saturated rings. The summed E-state index contributed by atoms with van der Waals surface area (Å²) in [5.41, 5.74) is 9.72. The van der Waals surface area contributed by atoms with Gasteiger partial charge in [0.05, 0.1) is 29.3 Å². The minimum absolute atomic E-state index is 0.0712. The Morgan fingerprint density at radius 1 is 1.12 bits per heavy atom. The Hall–Kier alpha value is -2.01. The van der Waals surface area contributed by atoms with Crippen molar-refractivity contribution in [2.75, 3.05) is 18.5 Å². The van der Waals surface area contributed by atoms with Crippen LogP contribution in [0.15, 0.2) is 36.8 Å². The lowest BCUT2D eigenvalue weighted by Gasteiger charge is -2.15. The zero-order valence-electron chi connectivity index (χ0n) is 25.6. The molecule has 0 saturated heterocycles. The van der Waals surface area contributed by atoms with Crippen molar-refractivity contribution in [1.82, 2.24) is 9.97 Å². The molecule has 0 amide bonds. The lowest BCUT2D eigenvalue weighted by molar-refractivity contribution is 0.104. The molecule has 0 aliphatic heterocycles. The van der Waals surface area contributed by atoms with E-state index in [9.17, 15) is 4.79 Å². The molecular formula is C31H48ClN5O2S2. The minimum atomic E-state index is -0.0712. The summed E-state index contributed by atoms with van der Waals surface area (Å²) in [6.07, 6.45) is 7.56. The number of anilines is 1. The van der Waals surface area contributed by atoms with Crippen LogP contribution >= 0.6 is 35.2 Å². The number of aromatic nitrogens is 2. The maximum Gasteiger partial charge on any atom is 0.208 e. The summed E-state index contributed by atoms with van der Waals surface area (Å²) in [5.74, 6) is 0.957. The van der Waals surface area contributed by atoms with Crippen molar-refractivity contribution in [3.8, 4) is 0 Å². The van der Waals surface area contributed by atoms with Crippen molar-refractivity contribution >= 4 is 46.8 Å². The Morgan fingerprint density at radius 2 is 1.85 bits per heavy atom. The number of aryl methyl sites for hydroxylation is 1. The number of thiophene rings is 1. The van der Waals surface area contributed by atoms with Crippen LogP contribution in [0.2, 0.25) is 5.02 Å². The predicted molar refractivity (Wildman–Crippen MR) is 178 cm³/mol. The molecule has 4 rings (SSSR count). The van der Waals surface area contributed by atoms with Gasteiger partial charge in [0.1, 0.15) is 12.1 Å². The lowest BCUT2D eigenvalue weighted by Crippen LogP contribution is -2.20. The van der Waals surface area contributed by atoms with E-state index in [1.54, 1.807) is 6.20 Å². The van der Waals surface area contributed by atoms with Gasteiger partial charge in [-0.3, -0.25) is 9.93 Å². The molecule has 1 aliphatic carbocycles. The number of rotatable bonds is 11. The van der Waals surface area contributed by atoms with Crippen molar-refractivity contribution in [1.29, 1.82) is 0 Å². The Balaban J connectivity index is 0.00000131. The molecule has 41 heavy (non-hydrogen) atoms. The summed E-state index contributed by atoms with van der Waals surface area (Å²) in [7, 11) is 0. The van der Waals surface area contributed by atoms with Gasteiger partial charge in [-0.15, -0.1) is 11.3 Å². The van der Waals surface area contributed by atoms with Crippen LogP contribution in [0.5, 0.6) is 0 Å². The molecule has 2 atom stereocenters. The normalized spacial score (nSPS) is 15.5. The summed E-state index contributed by atoms with van der Waals surface area (Å²) in [5, 5.41) is 9.54. The zero-order valence-corrected chi connectivity index (χ0v) is 28.0. The molecule has 1 aliphatic rings. The van der Waals surface area contributed by atoms with Crippen LogP contribution in [0.25, 0.3) is 0 Å². The number of nitrogens with zero attached hydrogens (tertiary/aromatic N) is 2. The maximum absolute atomic E-state index is 13.5. The topological polar surface area (TPSA) is 116 Å².